The van der Waals surface area contributed by atoms with Crippen LogP contribution in [0.3, 0.4) is 0 Å². The first kappa shape index (κ1) is 22.1. The van der Waals surface area contributed by atoms with Crippen molar-refractivity contribution in [2.45, 2.75) is 58.3 Å². The molecule has 8 nitrogen and oxygen atoms in total. The molecule has 4 aromatic rings. The van der Waals surface area contributed by atoms with Gasteiger partial charge in [-0.25, -0.2) is 4.68 Å². The Labute approximate surface area is 203 Å². The zero-order chi connectivity index (χ0) is 23.9. The van der Waals surface area contributed by atoms with Gasteiger partial charge in [-0.05, 0) is 77.7 Å². The maximum Gasteiger partial charge on any atom is 0.253 e. The summed E-state index contributed by atoms with van der Waals surface area (Å²) >= 11 is 0. The van der Waals surface area contributed by atoms with Gasteiger partial charge < -0.3 is 9.72 Å². The van der Waals surface area contributed by atoms with Crippen molar-refractivity contribution in [3.63, 3.8) is 0 Å². The Hall–Kier alpha value is -3.36. The third-order valence-corrected chi connectivity index (χ3v) is 7.35. The Morgan fingerprint density at radius 1 is 1.17 bits per heavy atom. The van der Waals surface area contributed by atoms with Crippen LogP contribution in [0, 0.1) is 13.8 Å². The van der Waals surface area contributed by atoms with Gasteiger partial charge in [0.1, 0.15) is 6.04 Å². The second-order valence-electron chi connectivity index (χ2n) is 9.85. The lowest BCUT2D eigenvalue weighted by atomic mass is 9.95. The van der Waals surface area contributed by atoms with Gasteiger partial charge in [0, 0.05) is 25.3 Å². The first-order valence-electron chi connectivity index (χ1n) is 12.4. The molecule has 0 unspecified atom stereocenters. The van der Waals surface area contributed by atoms with Crippen LogP contribution in [0.25, 0.3) is 10.9 Å². The number of benzene rings is 2. The van der Waals surface area contributed by atoms with E-state index in [1.54, 1.807) is 0 Å². The number of aromatic amines is 1. The van der Waals surface area contributed by atoms with E-state index in [2.05, 4.69) is 68.7 Å². The van der Waals surface area contributed by atoms with Gasteiger partial charge in [-0.15, -0.1) is 5.10 Å². The number of rotatable bonds is 5. The van der Waals surface area contributed by atoms with Crippen LogP contribution in [0.1, 0.15) is 52.5 Å². The van der Waals surface area contributed by atoms with Crippen molar-refractivity contribution in [1.82, 2.24) is 30.1 Å². The van der Waals surface area contributed by atoms with Crippen LogP contribution in [0.4, 0.5) is 0 Å². The molecule has 0 spiro atoms. The van der Waals surface area contributed by atoms with Crippen molar-refractivity contribution in [3.8, 4) is 0 Å². The number of H-pyrrole nitrogens is 1. The van der Waals surface area contributed by atoms with Crippen molar-refractivity contribution in [2.75, 3.05) is 13.2 Å². The number of hydrogen-bond acceptors (Lipinski definition) is 6. The fraction of sp³-hybridized carbons (Fsp3) is 0.407. The van der Waals surface area contributed by atoms with Crippen LogP contribution >= 0.6 is 0 Å². The van der Waals surface area contributed by atoms with E-state index in [-0.39, 0.29) is 17.7 Å². The minimum Gasteiger partial charge on any atom is -0.376 e. The molecule has 2 atom stereocenters. The quantitative estimate of drug-likeness (QED) is 0.481. The SMILES string of the molecule is Cc1cc(C)c2[nH]c(=O)c([C@H](c3nnnn3C[C@H]3CCCO3)N3CCc4ccccc4C3)cc2c1. The third-order valence-electron chi connectivity index (χ3n) is 7.35. The van der Waals surface area contributed by atoms with E-state index < -0.39 is 0 Å². The first-order chi connectivity index (χ1) is 17.1. The predicted molar refractivity (Wildman–Crippen MR) is 133 cm³/mol. The number of tetrazole rings is 1. The van der Waals surface area contributed by atoms with E-state index in [9.17, 15) is 4.79 Å². The second kappa shape index (κ2) is 9.02. The molecule has 0 aliphatic carbocycles. The highest BCUT2D eigenvalue weighted by Crippen LogP contribution is 2.32. The van der Waals surface area contributed by atoms with Crippen LogP contribution in [-0.4, -0.2) is 49.3 Å². The van der Waals surface area contributed by atoms with Crippen LogP contribution < -0.4 is 5.56 Å². The number of fused-ring (bicyclic) bond motifs is 2. The van der Waals surface area contributed by atoms with E-state index in [1.807, 2.05) is 17.7 Å². The molecule has 2 aromatic heterocycles. The molecule has 0 amide bonds. The summed E-state index contributed by atoms with van der Waals surface area (Å²) in [5.41, 5.74) is 6.33. The van der Waals surface area contributed by atoms with E-state index in [0.717, 1.165) is 55.4 Å². The molecule has 1 saturated heterocycles. The molecular weight excluding hydrogens is 440 g/mol. The molecular formula is C27H30N6O2. The largest absolute Gasteiger partial charge is 0.376 e. The molecule has 2 aromatic carbocycles. The first-order valence-corrected chi connectivity index (χ1v) is 12.4. The summed E-state index contributed by atoms with van der Waals surface area (Å²) in [6, 6.07) is 14.4. The van der Waals surface area contributed by atoms with Crippen molar-refractivity contribution in [2.24, 2.45) is 0 Å². The third kappa shape index (κ3) is 4.17. The zero-order valence-electron chi connectivity index (χ0n) is 20.2. The minimum atomic E-state index is -0.367. The molecule has 2 aliphatic heterocycles. The predicted octanol–water partition coefficient (Wildman–Crippen LogP) is 3.46. The van der Waals surface area contributed by atoms with Crippen LogP contribution in [0.15, 0.2) is 47.3 Å². The second-order valence-corrected chi connectivity index (χ2v) is 9.85. The monoisotopic (exact) mass is 470 g/mol. The summed E-state index contributed by atoms with van der Waals surface area (Å²) in [5.74, 6) is 0.689. The van der Waals surface area contributed by atoms with Gasteiger partial charge in [-0.3, -0.25) is 9.69 Å². The van der Waals surface area contributed by atoms with Crippen LogP contribution in [0.2, 0.25) is 0 Å². The maximum atomic E-state index is 13.6. The summed E-state index contributed by atoms with van der Waals surface area (Å²) < 4.78 is 7.71. The molecule has 180 valence electrons. The normalized spacial score (nSPS) is 19.2. The number of nitrogens with zero attached hydrogens (tertiary/aromatic N) is 5. The van der Waals surface area contributed by atoms with Crippen LogP contribution in [-0.2, 0) is 24.2 Å². The summed E-state index contributed by atoms with van der Waals surface area (Å²) in [7, 11) is 0. The van der Waals surface area contributed by atoms with Crippen molar-refractivity contribution in [3.05, 3.63) is 86.5 Å². The highest BCUT2D eigenvalue weighted by molar-refractivity contribution is 5.83. The topological polar surface area (TPSA) is 88.9 Å². The molecule has 1 N–H and O–H groups in total. The molecule has 35 heavy (non-hydrogen) atoms. The van der Waals surface area contributed by atoms with Gasteiger partial charge in [-0.2, -0.15) is 0 Å². The Morgan fingerprint density at radius 3 is 2.86 bits per heavy atom. The highest BCUT2D eigenvalue weighted by atomic mass is 16.5. The number of aryl methyl sites for hydroxylation is 2. The lowest BCUT2D eigenvalue weighted by Gasteiger charge is -2.35. The highest BCUT2D eigenvalue weighted by Gasteiger charge is 2.33. The molecule has 8 heteroatoms. The summed E-state index contributed by atoms with van der Waals surface area (Å²) in [4.78, 5) is 19.1. The summed E-state index contributed by atoms with van der Waals surface area (Å²) in [5, 5.41) is 13.9. The maximum absolute atomic E-state index is 13.6. The number of hydrogen-bond donors (Lipinski definition) is 1. The molecule has 0 radical (unpaired) electrons. The molecule has 4 heterocycles. The molecule has 2 aliphatic rings. The van der Waals surface area contributed by atoms with Crippen LogP contribution in [0.5, 0.6) is 0 Å². The van der Waals surface area contributed by atoms with Gasteiger partial charge in [0.2, 0.25) is 0 Å². The smallest absolute Gasteiger partial charge is 0.253 e. The Morgan fingerprint density at radius 2 is 2.03 bits per heavy atom. The molecule has 0 saturated carbocycles. The number of pyridine rings is 1. The number of aromatic nitrogens is 5. The number of ether oxygens (including phenoxy) is 1. The van der Waals surface area contributed by atoms with E-state index in [1.165, 1.54) is 16.7 Å². The fourth-order valence-corrected chi connectivity index (χ4v) is 5.66. The van der Waals surface area contributed by atoms with Crippen molar-refractivity contribution >= 4 is 10.9 Å². The van der Waals surface area contributed by atoms with Crippen molar-refractivity contribution < 1.29 is 4.74 Å². The lowest BCUT2D eigenvalue weighted by molar-refractivity contribution is 0.0904. The van der Waals surface area contributed by atoms with Gasteiger partial charge in [0.15, 0.2) is 5.82 Å². The fourth-order valence-electron chi connectivity index (χ4n) is 5.66. The summed E-state index contributed by atoms with van der Waals surface area (Å²) in [6.45, 7) is 7.03. The lowest BCUT2D eigenvalue weighted by Crippen LogP contribution is -2.39. The summed E-state index contributed by atoms with van der Waals surface area (Å²) in [6.07, 6.45) is 3.07. The van der Waals surface area contributed by atoms with Gasteiger partial charge >= 0.3 is 0 Å². The average Bonchev–Trinajstić information content (AvgIpc) is 3.53. The average molecular weight is 471 g/mol. The standard InChI is InChI=1S/C27H30N6O2/c1-17-12-18(2)24-21(13-17)14-23(27(34)28-24)25(32-10-9-19-6-3-4-7-20(19)15-32)26-29-30-31-33(26)16-22-8-5-11-35-22/h3-4,6-7,12-14,22,25H,5,8-11,15-16H2,1-2H3,(H,28,34)/t22-,25-/m1/s1. The Kier molecular flexibility index (Phi) is 5.70. The minimum absolute atomic E-state index is 0.0972. The Balaban J connectivity index is 1.48. The van der Waals surface area contributed by atoms with Gasteiger partial charge in [0.05, 0.1) is 18.2 Å². The molecule has 6 rings (SSSR count). The Bertz CT molecular complexity index is 1440. The molecule has 0 bridgehead atoms. The number of nitrogens with one attached hydrogen (secondary N) is 1. The van der Waals surface area contributed by atoms with E-state index >= 15 is 0 Å². The van der Waals surface area contributed by atoms with Crippen molar-refractivity contribution in [1.29, 1.82) is 0 Å². The zero-order valence-corrected chi connectivity index (χ0v) is 20.2. The van der Waals surface area contributed by atoms with Gasteiger partial charge in [0.25, 0.3) is 5.56 Å². The van der Waals surface area contributed by atoms with E-state index in [0.29, 0.717) is 17.9 Å². The molecule has 1 fully saturated rings. The van der Waals surface area contributed by atoms with Gasteiger partial charge in [-0.1, -0.05) is 35.9 Å². The van der Waals surface area contributed by atoms with E-state index in [4.69, 9.17) is 4.74 Å².